The van der Waals surface area contributed by atoms with Crippen molar-refractivity contribution in [3.05, 3.63) is 70.9 Å². The number of aromatic nitrogens is 2. The van der Waals surface area contributed by atoms with Gasteiger partial charge in [-0.05, 0) is 55.5 Å². The van der Waals surface area contributed by atoms with Gasteiger partial charge in [-0.3, -0.25) is 9.59 Å². The van der Waals surface area contributed by atoms with Crippen LogP contribution >= 0.6 is 0 Å². The van der Waals surface area contributed by atoms with Gasteiger partial charge in [-0.1, -0.05) is 18.2 Å². The van der Waals surface area contributed by atoms with Crippen molar-refractivity contribution in [1.82, 2.24) is 20.2 Å². The Morgan fingerprint density at radius 2 is 1.69 bits per heavy atom. The third kappa shape index (κ3) is 3.71. The number of halogens is 2. The fourth-order valence-electron chi connectivity index (χ4n) is 5.05. The van der Waals surface area contributed by atoms with Crippen molar-refractivity contribution in [2.45, 2.75) is 44.2 Å². The number of likely N-dealkylation sites (tertiary alicyclic amines) is 1. The van der Waals surface area contributed by atoms with Crippen molar-refractivity contribution in [1.29, 1.82) is 0 Å². The first-order chi connectivity index (χ1) is 17.0. The number of hydrogen-bond donors (Lipinski definition) is 2. The molecule has 35 heavy (non-hydrogen) atoms. The smallest absolute Gasteiger partial charge is 0.257 e. The Kier molecular flexibility index (Phi) is 5.20. The van der Waals surface area contributed by atoms with E-state index in [-0.39, 0.29) is 47.0 Å². The van der Waals surface area contributed by atoms with Gasteiger partial charge in [-0.25, -0.2) is 18.7 Å². The van der Waals surface area contributed by atoms with E-state index in [1.165, 1.54) is 12.5 Å². The molecule has 3 aromatic rings. The molecule has 0 radical (unpaired) electrons. The van der Waals surface area contributed by atoms with Gasteiger partial charge in [0.1, 0.15) is 23.0 Å². The molecule has 1 saturated carbocycles. The monoisotopic (exact) mass is 475 g/mol. The van der Waals surface area contributed by atoms with Crippen LogP contribution in [0.15, 0.2) is 42.5 Å². The number of benzene rings is 2. The van der Waals surface area contributed by atoms with Gasteiger partial charge in [0.05, 0.1) is 23.7 Å². The van der Waals surface area contributed by atoms with Crippen molar-refractivity contribution >= 4 is 23.3 Å². The summed E-state index contributed by atoms with van der Waals surface area (Å²) in [6.45, 7) is 0.945. The summed E-state index contributed by atoms with van der Waals surface area (Å²) >= 11 is 0. The molecule has 7 nitrogen and oxygen atoms in total. The van der Waals surface area contributed by atoms with Crippen molar-refractivity contribution in [3.63, 3.8) is 0 Å². The van der Waals surface area contributed by atoms with Gasteiger partial charge < -0.3 is 15.5 Å². The van der Waals surface area contributed by atoms with E-state index in [1.54, 1.807) is 0 Å². The molecule has 1 unspecified atom stereocenters. The summed E-state index contributed by atoms with van der Waals surface area (Å²) in [4.78, 5) is 35.9. The molecule has 0 bridgehead atoms. The first-order valence-corrected chi connectivity index (χ1v) is 11.8. The minimum atomic E-state index is -0.783. The lowest BCUT2D eigenvalue weighted by atomic mass is 9.91. The fraction of sp³-hybridized carbons (Fsp3) is 0.308. The number of carbonyl (C=O) groups is 2. The lowest BCUT2D eigenvalue weighted by Gasteiger charge is -2.34. The summed E-state index contributed by atoms with van der Waals surface area (Å²) in [6.07, 6.45) is 4.18. The van der Waals surface area contributed by atoms with Crippen LogP contribution in [0.25, 0.3) is 11.4 Å². The summed E-state index contributed by atoms with van der Waals surface area (Å²) < 4.78 is 28.8. The molecule has 178 valence electrons. The fourth-order valence-corrected chi connectivity index (χ4v) is 5.05. The highest BCUT2D eigenvalue weighted by Crippen LogP contribution is 2.36. The normalized spacial score (nSPS) is 19.5. The minimum absolute atomic E-state index is 0.136. The summed E-state index contributed by atoms with van der Waals surface area (Å²) in [5.41, 5.74) is 1.85. The number of carbonyl (C=O) groups excluding carboxylic acids is 2. The van der Waals surface area contributed by atoms with E-state index < -0.39 is 11.6 Å². The zero-order chi connectivity index (χ0) is 24.1. The van der Waals surface area contributed by atoms with E-state index in [9.17, 15) is 18.4 Å². The van der Waals surface area contributed by atoms with Crippen LogP contribution < -0.4 is 10.6 Å². The summed E-state index contributed by atoms with van der Waals surface area (Å²) in [5.74, 6) is -1.84. The molecule has 2 fully saturated rings. The van der Waals surface area contributed by atoms with E-state index in [1.807, 2.05) is 29.2 Å². The van der Waals surface area contributed by atoms with Crippen molar-refractivity contribution in [2.75, 3.05) is 11.9 Å². The van der Waals surface area contributed by atoms with Gasteiger partial charge in [0.25, 0.3) is 5.91 Å². The lowest BCUT2D eigenvalue weighted by molar-refractivity contribution is -0.132. The third-order valence-electron chi connectivity index (χ3n) is 7.14. The van der Waals surface area contributed by atoms with Crippen LogP contribution in [0, 0.1) is 11.6 Å². The van der Waals surface area contributed by atoms with E-state index in [0.717, 1.165) is 43.5 Å². The molecule has 3 heterocycles. The molecule has 0 spiro atoms. The number of anilines is 2. The van der Waals surface area contributed by atoms with Gasteiger partial charge in [-0.2, -0.15) is 0 Å². The van der Waals surface area contributed by atoms with Crippen LogP contribution in [-0.4, -0.2) is 39.3 Å². The van der Waals surface area contributed by atoms with Crippen LogP contribution in [0.1, 0.15) is 53.2 Å². The first kappa shape index (κ1) is 21.6. The van der Waals surface area contributed by atoms with E-state index in [0.29, 0.717) is 17.4 Å². The molecule has 6 rings (SSSR count). The average molecular weight is 475 g/mol. The number of nitrogens with zero attached hydrogens (tertiary/aromatic N) is 3. The largest absolute Gasteiger partial charge is 0.346 e. The van der Waals surface area contributed by atoms with Gasteiger partial charge in [-0.15, -0.1) is 0 Å². The molecular formula is C26H23F2N5O2. The quantitative estimate of drug-likeness (QED) is 0.575. The van der Waals surface area contributed by atoms with Crippen molar-refractivity contribution < 1.29 is 18.4 Å². The molecule has 9 heteroatoms. The van der Waals surface area contributed by atoms with Gasteiger partial charge in [0.15, 0.2) is 5.82 Å². The Labute approximate surface area is 200 Å². The molecule has 1 atom stereocenters. The predicted molar refractivity (Wildman–Crippen MR) is 125 cm³/mol. The number of amides is 2. The van der Waals surface area contributed by atoms with Crippen LogP contribution in [0.3, 0.4) is 0 Å². The highest BCUT2D eigenvalue weighted by atomic mass is 19.1. The second-order valence-electron chi connectivity index (χ2n) is 9.20. The SMILES string of the molecule is O=C1NCc2nc(-c3c(F)cccc3F)nc(Nc3ccc(C4CCN(C5CCC5)C4=O)cc3)c21. The molecule has 2 N–H and O–H groups in total. The molecule has 2 amide bonds. The van der Waals surface area contributed by atoms with E-state index in [4.69, 9.17) is 0 Å². The third-order valence-corrected chi connectivity index (χ3v) is 7.14. The Balaban J connectivity index is 1.29. The first-order valence-electron chi connectivity index (χ1n) is 11.8. The molecule has 1 aromatic heterocycles. The Hall–Kier alpha value is -3.88. The molecule has 2 aromatic carbocycles. The van der Waals surface area contributed by atoms with Gasteiger partial charge >= 0.3 is 0 Å². The Bertz CT molecular complexity index is 1320. The van der Waals surface area contributed by atoms with Crippen LogP contribution in [0.5, 0.6) is 0 Å². The Morgan fingerprint density at radius 1 is 0.943 bits per heavy atom. The average Bonchev–Trinajstić information content (AvgIpc) is 3.36. The van der Waals surface area contributed by atoms with Gasteiger partial charge in [0.2, 0.25) is 5.91 Å². The van der Waals surface area contributed by atoms with Crippen LogP contribution in [-0.2, 0) is 11.3 Å². The van der Waals surface area contributed by atoms with E-state index >= 15 is 0 Å². The highest BCUT2D eigenvalue weighted by Gasteiger charge is 2.38. The lowest BCUT2D eigenvalue weighted by Crippen LogP contribution is -2.41. The maximum absolute atomic E-state index is 14.4. The van der Waals surface area contributed by atoms with Gasteiger partial charge in [0, 0.05) is 18.3 Å². The number of rotatable bonds is 5. The standard InChI is InChI=1S/C26H23F2N5O2/c27-18-5-2-6-19(28)21(18)23-31-20-13-29-25(34)22(20)24(32-23)30-15-9-7-14(8-10-15)17-11-12-33(26(17)35)16-3-1-4-16/h2,5-10,16-17H,1,3-4,11-13H2,(H,29,34)(H,30,31,32). The number of hydrogen-bond acceptors (Lipinski definition) is 5. The predicted octanol–water partition coefficient (Wildman–Crippen LogP) is 4.28. The maximum atomic E-state index is 14.4. The molecule has 2 aliphatic heterocycles. The zero-order valence-electron chi connectivity index (χ0n) is 18.9. The highest BCUT2D eigenvalue weighted by molar-refractivity contribution is 6.03. The molecule has 3 aliphatic rings. The minimum Gasteiger partial charge on any atom is -0.346 e. The Morgan fingerprint density at radius 3 is 2.37 bits per heavy atom. The van der Waals surface area contributed by atoms with Crippen molar-refractivity contribution in [2.24, 2.45) is 0 Å². The number of nitrogens with one attached hydrogen (secondary N) is 2. The molecular weight excluding hydrogens is 452 g/mol. The zero-order valence-corrected chi connectivity index (χ0v) is 18.9. The maximum Gasteiger partial charge on any atom is 0.257 e. The van der Waals surface area contributed by atoms with E-state index in [2.05, 4.69) is 20.6 Å². The molecule has 1 saturated heterocycles. The number of fused-ring (bicyclic) bond motifs is 1. The van der Waals surface area contributed by atoms with Crippen molar-refractivity contribution in [3.8, 4) is 11.4 Å². The topological polar surface area (TPSA) is 87.2 Å². The molecule has 1 aliphatic carbocycles. The second-order valence-corrected chi connectivity index (χ2v) is 9.20. The van der Waals surface area contributed by atoms with Crippen LogP contribution in [0.4, 0.5) is 20.3 Å². The summed E-state index contributed by atoms with van der Waals surface area (Å²) in [5, 5.41) is 5.79. The summed E-state index contributed by atoms with van der Waals surface area (Å²) in [6, 6.07) is 11.4. The summed E-state index contributed by atoms with van der Waals surface area (Å²) in [7, 11) is 0. The second kappa shape index (κ2) is 8.41. The van der Waals surface area contributed by atoms with Crippen LogP contribution in [0.2, 0.25) is 0 Å².